The zero-order valence-electron chi connectivity index (χ0n) is 11.9. The molecule has 0 atom stereocenters. The molecular formula is C16H14Br2O3. The van der Waals surface area contributed by atoms with Crippen LogP contribution in [0.4, 0.5) is 0 Å². The highest BCUT2D eigenvalue weighted by Crippen LogP contribution is 2.38. The summed E-state index contributed by atoms with van der Waals surface area (Å²) in [6.07, 6.45) is 0. The first-order chi connectivity index (χ1) is 10.0. The van der Waals surface area contributed by atoms with Crippen LogP contribution in [0.25, 0.3) is 0 Å². The third-order valence-electron chi connectivity index (χ3n) is 3.17. The number of carbonyl (C=O) groups excluding carboxylic acids is 1. The first-order valence-electron chi connectivity index (χ1n) is 6.21. The van der Waals surface area contributed by atoms with E-state index in [-0.39, 0.29) is 5.78 Å². The zero-order valence-corrected chi connectivity index (χ0v) is 15.0. The highest BCUT2D eigenvalue weighted by atomic mass is 79.9. The summed E-state index contributed by atoms with van der Waals surface area (Å²) >= 11 is 6.89. The number of ether oxygens (including phenoxy) is 2. The minimum absolute atomic E-state index is 0.106. The second kappa shape index (κ2) is 6.62. The van der Waals surface area contributed by atoms with Crippen LogP contribution in [0.3, 0.4) is 0 Å². The molecule has 2 rings (SSSR count). The summed E-state index contributed by atoms with van der Waals surface area (Å²) in [5.74, 6) is 0.977. The van der Waals surface area contributed by atoms with Crippen molar-refractivity contribution in [3.63, 3.8) is 0 Å². The molecule has 2 aromatic carbocycles. The number of methoxy groups -OCH3 is 2. The lowest BCUT2D eigenvalue weighted by Crippen LogP contribution is -2.06. The summed E-state index contributed by atoms with van der Waals surface area (Å²) in [5.41, 5.74) is 2.09. The summed E-state index contributed by atoms with van der Waals surface area (Å²) in [6.45, 7) is 1.95. The van der Waals surface area contributed by atoms with Crippen molar-refractivity contribution in [3.8, 4) is 11.5 Å². The van der Waals surface area contributed by atoms with Gasteiger partial charge in [0.25, 0.3) is 0 Å². The van der Waals surface area contributed by atoms with Crippen molar-refractivity contribution in [2.45, 2.75) is 6.92 Å². The van der Waals surface area contributed by atoms with E-state index in [1.807, 2.05) is 19.1 Å². The predicted molar refractivity (Wildman–Crippen MR) is 89.6 cm³/mol. The van der Waals surface area contributed by atoms with Crippen LogP contribution in [0, 0.1) is 6.92 Å². The zero-order chi connectivity index (χ0) is 15.6. The molecule has 0 amide bonds. The Labute approximate surface area is 140 Å². The Balaban J connectivity index is 2.59. The highest BCUT2D eigenvalue weighted by molar-refractivity contribution is 9.11. The van der Waals surface area contributed by atoms with Crippen LogP contribution >= 0.6 is 31.9 Å². The Bertz CT molecular complexity index is 696. The van der Waals surface area contributed by atoms with Crippen molar-refractivity contribution in [2.24, 2.45) is 0 Å². The lowest BCUT2D eigenvalue weighted by Gasteiger charge is -2.13. The molecule has 21 heavy (non-hydrogen) atoms. The largest absolute Gasteiger partial charge is 0.495 e. The van der Waals surface area contributed by atoms with Gasteiger partial charge in [-0.05, 0) is 62.5 Å². The molecule has 0 radical (unpaired) electrons. The van der Waals surface area contributed by atoms with Gasteiger partial charge in [-0.3, -0.25) is 4.79 Å². The van der Waals surface area contributed by atoms with Crippen LogP contribution in [-0.2, 0) is 0 Å². The molecule has 0 spiro atoms. The quantitative estimate of drug-likeness (QED) is 0.677. The van der Waals surface area contributed by atoms with Crippen molar-refractivity contribution >= 4 is 37.6 Å². The van der Waals surface area contributed by atoms with Crippen LogP contribution in [0.5, 0.6) is 11.5 Å². The van der Waals surface area contributed by atoms with Crippen LogP contribution < -0.4 is 9.47 Å². The first-order valence-corrected chi connectivity index (χ1v) is 7.80. The normalized spacial score (nSPS) is 10.3. The third kappa shape index (κ3) is 2.99. The van der Waals surface area contributed by atoms with Gasteiger partial charge in [-0.15, -0.1) is 0 Å². The second-order valence-corrected chi connectivity index (χ2v) is 6.01. The maximum atomic E-state index is 12.8. The number of benzene rings is 2. The Morgan fingerprint density at radius 2 is 1.67 bits per heavy atom. The molecule has 0 aromatic heterocycles. The molecule has 0 aliphatic carbocycles. The van der Waals surface area contributed by atoms with Crippen LogP contribution in [0.15, 0.2) is 39.3 Å². The van der Waals surface area contributed by atoms with Gasteiger partial charge in [-0.2, -0.15) is 0 Å². The van der Waals surface area contributed by atoms with Crippen LogP contribution in [0.1, 0.15) is 21.5 Å². The topological polar surface area (TPSA) is 35.5 Å². The van der Waals surface area contributed by atoms with Gasteiger partial charge in [0.05, 0.1) is 19.8 Å². The Hall–Kier alpha value is -1.33. The molecule has 0 fully saturated rings. The van der Waals surface area contributed by atoms with Crippen LogP contribution in [0.2, 0.25) is 0 Å². The number of rotatable bonds is 4. The Morgan fingerprint density at radius 3 is 2.29 bits per heavy atom. The number of carbonyl (C=O) groups is 1. The second-order valence-electron chi connectivity index (χ2n) is 4.43. The summed E-state index contributed by atoms with van der Waals surface area (Å²) in [5, 5.41) is 0. The van der Waals surface area contributed by atoms with E-state index in [4.69, 9.17) is 9.47 Å². The smallest absolute Gasteiger partial charge is 0.197 e. The summed E-state index contributed by atoms with van der Waals surface area (Å²) in [4.78, 5) is 12.8. The average Bonchev–Trinajstić information content (AvgIpc) is 2.49. The fourth-order valence-corrected chi connectivity index (χ4v) is 3.16. The van der Waals surface area contributed by atoms with Gasteiger partial charge in [0, 0.05) is 10.0 Å². The summed E-state index contributed by atoms with van der Waals surface area (Å²) in [7, 11) is 3.10. The van der Waals surface area contributed by atoms with Crippen LogP contribution in [-0.4, -0.2) is 20.0 Å². The van der Waals surface area contributed by atoms with E-state index in [9.17, 15) is 4.79 Å². The molecule has 0 saturated heterocycles. The molecule has 0 aliphatic heterocycles. The average molecular weight is 414 g/mol. The van der Waals surface area contributed by atoms with Gasteiger partial charge in [0.15, 0.2) is 5.78 Å². The van der Waals surface area contributed by atoms with Crippen molar-refractivity contribution in [2.75, 3.05) is 14.2 Å². The number of halogens is 2. The van der Waals surface area contributed by atoms with Gasteiger partial charge in [-0.25, -0.2) is 0 Å². The minimum Gasteiger partial charge on any atom is -0.495 e. The fraction of sp³-hybridized carbons (Fsp3) is 0.188. The van der Waals surface area contributed by atoms with Crippen molar-refractivity contribution in [1.82, 2.24) is 0 Å². The van der Waals surface area contributed by atoms with Gasteiger partial charge >= 0.3 is 0 Å². The number of hydrogen-bond acceptors (Lipinski definition) is 3. The van der Waals surface area contributed by atoms with E-state index in [0.717, 1.165) is 10.0 Å². The maximum absolute atomic E-state index is 12.8. The van der Waals surface area contributed by atoms with E-state index in [2.05, 4.69) is 31.9 Å². The lowest BCUT2D eigenvalue weighted by atomic mass is 10.0. The number of ketones is 1. The van der Waals surface area contributed by atoms with Crippen molar-refractivity contribution < 1.29 is 14.3 Å². The Kier molecular flexibility index (Phi) is 5.06. The minimum atomic E-state index is -0.106. The van der Waals surface area contributed by atoms with Crippen molar-refractivity contribution in [3.05, 3.63) is 56.0 Å². The molecule has 2 aromatic rings. The molecule has 3 nitrogen and oxygen atoms in total. The molecule has 0 unspecified atom stereocenters. The number of aryl methyl sites for hydroxylation is 1. The van der Waals surface area contributed by atoms with E-state index in [0.29, 0.717) is 27.1 Å². The van der Waals surface area contributed by atoms with Gasteiger partial charge in [-0.1, -0.05) is 12.1 Å². The number of hydrogen-bond donors (Lipinski definition) is 0. The molecule has 0 N–H and O–H groups in total. The van der Waals surface area contributed by atoms with E-state index < -0.39 is 0 Å². The third-order valence-corrected chi connectivity index (χ3v) is 4.97. The molecule has 0 aliphatic rings. The standard InChI is InChI=1S/C16H14Br2O3/c1-9-5-4-6-10(13(9)17)15(19)11-7-8-12(20-2)14(18)16(11)21-3/h4-8H,1-3H3. The van der Waals surface area contributed by atoms with Gasteiger partial charge in [0.1, 0.15) is 16.0 Å². The molecule has 5 heteroatoms. The molecule has 0 saturated carbocycles. The van der Waals surface area contributed by atoms with Crippen molar-refractivity contribution in [1.29, 1.82) is 0 Å². The van der Waals surface area contributed by atoms with E-state index in [1.165, 1.54) is 7.11 Å². The van der Waals surface area contributed by atoms with Gasteiger partial charge in [0.2, 0.25) is 0 Å². The van der Waals surface area contributed by atoms with E-state index in [1.54, 1.807) is 25.3 Å². The Morgan fingerprint density at radius 1 is 0.952 bits per heavy atom. The molecule has 110 valence electrons. The predicted octanol–water partition coefficient (Wildman–Crippen LogP) is 4.77. The SMILES string of the molecule is COc1ccc(C(=O)c2cccc(C)c2Br)c(OC)c1Br. The molecule has 0 heterocycles. The first kappa shape index (κ1) is 16.0. The van der Waals surface area contributed by atoms with E-state index >= 15 is 0 Å². The highest BCUT2D eigenvalue weighted by Gasteiger charge is 2.21. The molecular weight excluding hydrogens is 400 g/mol. The maximum Gasteiger partial charge on any atom is 0.197 e. The lowest BCUT2D eigenvalue weighted by molar-refractivity contribution is 0.103. The summed E-state index contributed by atoms with van der Waals surface area (Å²) in [6, 6.07) is 9.04. The summed E-state index contributed by atoms with van der Waals surface area (Å²) < 4.78 is 12.0. The fourth-order valence-electron chi connectivity index (χ4n) is 2.04. The van der Waals surface area contributed by atoms with Gasteiger partial charge < -0.3 is 9.47 Å². The monoisotopic (exact) mass is 412 g/mol. The molecule has 0 bridgehead atoms.